The van der Waals surface area contributed by atoms with E-state index in [0.29, 0.717) is 24.7 Å². The van der Waals surface area contributed by atoms with Crippen LogP contribution in [-0.2, 0) is 23.9 Å². The van der Waals surface area contributed by atoms with Crippen molar-refractivity contribution in [3.8, 4) is 12.3 Å². The van der Waals surface area contributed by atoms with Gasteiger partial charge in [-0.15, -0.1) is 6.42 Å². The molecule has 3 aromatic carbocycles. The first-order valence-corrected chi connectivity index (χ1v) is 14.5. The van der Waals surface area contributed by atoms with E-state index in [2.05, 4.69) is 11.2 Å². The Morgan fingerprint density at radius 1 is 0.956 bits per heavy atom. The van der Waals surface area contributed by atoms with E-state index in [-0.39, 0.29) is 47.7 Å². The molecular formula is C34H36F5N3O3. The largest absolute Gasteiger partial charge is 0.456 e. The third kappa shape index (κ3) is 10.4. The highest BCUT2D eigenvalue weighted by atomic mass is 19.4. The Hall–Kier alpha value is -4.27. The van der Waals surface area contributed by atoms with Gasteiger partial charge in [0.1, 0.15) is 17.7 Å². The molecule has 0 aliphatic heterocycles. The summed E-state index contributed by atoms with van der Waals surface area (Å²) >= 11 is 0. The van der Waals surface area contributed by atoms with Gasteiger partial charge < -0.3 is 20.7 Å². The van der Waals surface area contributed by atoms with Crippen LogP contribution < -0.4 is 11.1 Å². The molecule has 0 aromatic heterocycles. The van der Waals surface area contributed by atoms with Crippen LogP contribution in [0.5, 0.6) is 0 Å². The summed E-state index contributed by atoms with van der Waals surface area (Å²) in [7, 11) is 0. The van der Waals surface area contributed by atoms with Crippen LogP contribution in [0.15, 0.2) is 60.7 Å². The van der Waals surface area contributed by atoms with Crippen molar-refractivity contribution in [2.45, 2.75) is 58.0 Å². The number of esters is 1. The molecule has 1 amide bonds. The standard InChI is InChI=1S/C34H36F5N3O3/c1-4-10-42(11-5-2)32(43)25-12-22(6-3)13-26(18-25)33(44)45-31(30(40)17-24-15-28(35)19-29(36)16-24)21-41-20-23-8-7-9-27(14-23)34(37,38)39/h3,7-9,12-16,18-19,30-31,41H,4-5,10-11,17,20-21,40H2,1-2H3/t30-,31+/m1/s1. The molecule has 3 aromatic rings. The molecule has 6 nitrogen and oxygen atoms in total. The van der Waals surface area contributed by atoms with E-state index in [1.807, 2.05) is 13.8 Å². The van der Waals surface area contributed by atoms with Gasteiger partial charge in [0, 0.05) is 49.4 Å². The van der Waals surface area contributed by atoms with Crippen molar-refractivity contribution in [2.24, 2.45) is 5.73 Å². The molecule has 0 radical (unpaired) electrons. The van der Waals surface area contributed by atoms with E-state index in [9.17, 15) is 31.5 Å². The molecule has 11 heteroatoms. The molecule has 0 aliphatic rings. The second-order valence-electron chi connectivity index (χ2n) is 10.7. The number of nitrogens with zero attached hydrogens (tertiary/aromatic N) is 1. The van der Waals surface area contributed by atoms with Crippen LogP contribution in [0.3, 0.4) is 0 Å². The van der Waals surface area contributed by atoms with Crippen LogP contribution in [0, 0.1) is 24.0 Å². The van der Waals surface area contributed by atoms with E-state index in [0.717, 1.165) is 37.1 Å². The minimum Gasteiger partial charge on any atom is -0.456 e. The van der Waals surface area contributed by atoms with Crippen molar-refractivity contribution in [3.05, 3.63) is 106 Å². The molecule has 3 rings (SSSR count). The fraction of sp³-hybridized carbons (Fsp3) is 0.353. The summed E-state index contributed by atoms with van der Waals surface area (Å²) in [5, 5.41) is 2.96. The highest BCUT2D eigenvalue weighted by Gasteiger charge is 2.30. The Morgan fingerprint density at radius 3 is 2.20 bits per heavy atom. The van der Waals surface area contributed by atoms with Gasteiger partial charge in [0.25, 0.3) is 5.91 Å². The lowest BCUT2D eigenvalue weighted by Crippen LogP contribution is -2.46. The second kappa shape index (κ2) is 16.2. The summed E-state index contributed by atoms with van der Waals surface area (Å²) in [5.41, 5.74) is 6.58. The lowest BCUT2D eigenvalue weighted by Gasteiger charge is -2.25. The molecule has 0 saturated heterocycles. The molecule has 0 aliphatic carbocycles. The lowest BCUT2D eigenvalue weighted by molar-refractivity contribution is -0.137. The topological polar surface area (TPSA) is 84.7 Å². The highest BCUT2D eigenvalue weighted by Crippen LogP contribution is 2.29. The number of carbonyl (C=O) groups excluding carboxylic acids is 2. The summed E-state index contributed by atoms with van der Waals surface area (Å²) in [6.07, 6.45) is 1.37. The van der Waals surface area contributed by atoms with Crippen LogP contribution in [0.1, 0.15) is 69.7 Å². The lowest BCUT2D eigenvalue weighted by atomic mass is 10.0. The first kappa shape index (κ1) is 35.2. The molecule has 45 heavy (non-hydrogen) atoms. The molecule has 2 atom stereocenters. The van der Waals surface area contributed by atoms with Gasteiger partial charge in [0.2, 0.25) is 0 Å². The SMILES string of the molecule is C#Cc1cc(C(=O)O[C@@H](CNCc2cccc(C(F)(F)F)c2)[C@H](N)Cc2cc(F)cc(F)c2)cc(C(=O)N(CCC)CCC)c1. The van der Waals surface area contributed by atoms with E-state index in [1.165, 1.54) is 30.3 Å². The summed E-state index contributed by atoms with van der Waals surface area (Å²) in [5.74, 6) is -0.330. The fourth-order valence-electron chi connectivity index (χ4n) is 4.82. The predicted molar refractivity (Wildman–Crippen MR) is 161 cm³/mol. The van der Waals surface area contributed by atoms with Crippen molar-refractivity contribution in [1.82, 2.24) is 10.2 Å². The normalized spacial score (nSPS) is 12.7. The Balaban J connectivity index is 1.86. The molecule has 0 saturated carbocycles. The van der Waals surface area contributed by atoms with Gasteiger partial charge in [-0.3, -0.25) is 4.79 Å². The second-order valence-corrected chi connectivity index (χ2v) is 10.7. The molecule has 240 valence electrons. The van der Waals surface area contributed by atoms with E-state index < -0.39 is 41.5 Å². The molecule has 0 fully saturated rings. The van der Waals surface area contributed by atoms with Crippen LogP contribution in [-0.4, -0.2) is 48.6 Å². The van der Waals surface area contributed by atoms with Crippen LogP contribution in [0.4, 0.5) is 22.0 Å². The predicted octanol–water partition coefficient (Wildman–Crippen LogP) is 6.11. The first-order chi connectivity index (χ1) is 21.3. The number of ether oxygens (including phenoxy) is 1. The molecule has 0 heterocycles. The monoisotopic (exact) mass is 629 g/mol. The van der Waals surface area contributed by atoms with E-state index in [4.69, 9.17) is 16.9 Å². The van der Waals surface area contributed by atoms with Gasteiger partial charge in [0.05, 0.1) is 11.1 Å². The molecule has 3 N–H and O–H groups in total. The van der Waals surface area contributed by atoms with Gasteiger partial charge in [0.15, 0.2) is 0 Å². The number of amides is 1. The number of terminal acetylenes is 1. The number of carbonyl (C=O) groups is 2. The third-order valence-electron chi connectivity index (χ3n) is 6.92. The van der Waals surface area contributed by atoms with Crippen LogP contribution >= 0.6 is 0 Å². The van der Waals surface area contributed by atoms with E-state index in [1.54, 1.807) is 4.90 Å². The summed E-state index contributed by atoms with van der Waals surface area (Å²) in [6, 6.07) is 10.9. The Morgan fingerprint density at radius 2 is 1.60 bits per heavy atom. The smallest absolute Gasteiger partial charge is 0.416 e. The highest BCUT2D eigenvalue weighted by molar-refractivity contribution is 5.98. The fourth-order valence-corrected chi connectivity index (χ4v) is 4.82. The van der Waals surface area contributed by atoms with Gasteiger partial charge >= 0.3 is 12.1 Å². The molecule has 0 unspecified atom stereocenters. The summed E-state index contributed by atoms with van der Waals surface area (Å²) in [6.45, 7) is 4.79. The molecule has 0 spiro atoms. The van der Waals surface area contributed by atoms with Crippen LogP contribution in [0.25, 0.3) is 0 Å². The number of hydrogen-bond donors (Lipinski definition) is 2. The average molecular weight is 630 g/mol. The minimum absolute atomic E-state index is 0.00590. The number of nitrogens with one attached hydrogen (secondary N) is 1. The van der Waals surface area contributed by atoms with Gasteiger partial charge in [-0.2, -0.15) is 13.2 Å². The Kier molecular flexibility index (Phi) is 12.6. The summed E-state index contributed by atoms with van der Waals surface area (Å²) < 4.78 is 72.9. The number of halogens is 5. The zero-order valence-electron chi connectivity index (χ0n) is 25.1. The van der Waals surface area contributed by atoms with Crippen molar-refractivity contribution in [1.29, 1.82) is 0 Å². The molecular weight excluding hydrogens is 593 g/mol. The van der Waals surface area contributed by atoms with E-state index >= 15 is 0 Å². The van der Waals surface area contributed by atoms with Gasteiger partial charge in [-0.05, 0) is 66.8 Å². The van der Waals surface area contributed by atoms with Gasteiger partial charge in [-0.25, -0.2) is 13.6 Å². The zero-order chi connectivity index (χ0) is 33.1. The first-order valence-electron chi connectivity index (χ1n) is 14.5. The maximum Gasteiger partial charge on any atom is 0.416 e. The maximum absolute atomic E-state index is 13.8. The summed E-state index contributed by atoms with van der Waals surface area (Å²) in [4.78, 5) is 28.4. The van der Waals surface area contributed by atoms with Gasteiger partial charge in [-0.1, -0.05) is 38.0 Å². The minimum atomic E-state index is -4.52. The number of nitrogens with two attached hydrogens (primary N) is 1. The average Bonchev–Trinajstić information content (AvgIpc) is 2.99. The third-order valence-corrected chi connectivity index (χ3v) is 6.92. The number of hydrogen-bond acceptors (Lipinski definition) is 5. The van der Waals surface area contributed by atoms with Crippen molar-refractivity contribution < 1.29 is 36.3 Å². The van der Waals surface area contributed by atoms with Crippen molar-refractivity contribution >= 4 is 11.9 Å². The molecule has 0 bridgehead atoms. The van der Waals surface area contributed by atoms with Crippen LogP contribution in [0.2, 0.25) is 0 Å². The van der Waals surface area contributed by atoms with Crippen molar-refractivity contribution in [3.63, 3.8) is 0 Å². The number of rotatable bonds is 14. The number of benzene rings is 3. The maximum atomic E-state index is 13.8. The quantitative estimate of drug-likeness (QED) is 0.128. The Labute approximate surface area is 259 Å². The van der Waals surface area contributed by atoms with Crippen molar-refractivity contribution in [2.75, 3.05) is 19.6 Å². The Bertz CT molecular complexity index is 1490. The zero-order valence-corrected chi connectivity index (χ0v) is 25.1. The number of alkyl halides is 3.